The van der Waals surface area contributed by atoms with Crippen molar-refractivity contribution >= 4 is 34.1 Å². The molecule has 0 spiro atoms. The fraction of sp³-hybridized carbons (Fsp3) is 0.250. The van der Waals surface area contributed by atoms with Crippen LogP contribution >= 0.6 is 0 Å². The first-order valence-corrected chi connectivity index (χ1v) is 11.1. The number of tetrazole rings is 1. The van der Waals surface area contributed by atoms with Gasteiger partial charge in [-0.2, -0.15) is 10.5 Å². The van der Waals surface area contributed by atoms with Crippen molar-refractivity contribution in [1.29, 1.82) is 5.26 Å². The van der Waals surface area contributed by atoms with Crippen LogP contribution < -0.4 is 10.6 Å². The van der Waals surface area contributed by atoms with Gasteiger partial charge in [-0.3, -0.25) is 9.59 Å². The van der Waals surface area contributed by atoms with Crippen molar-refractivity contribution in [1.82, 2.24) is 25.6 Å². The summed E-state index contributed by atoms with van der Waals surface area (Å²) in [7, 11) is 0. The van der Waals surface area contributed by atoms with E-state index in [1.165, 1.54) is 12.8 Å². The number of amides is 2. The van der Waals surface area contributed by atoms with E-state index in [0.717, 1.165) is 18.2 Å². The maximum Gasteiger partial charge on any atom is 0.272 e. The van der Waals surface area contributed by atoms with E-state index in [1.807, 2.05) is 18.2 Å². The molecule has 0 unspecified atom stereocenters. The summed E-state index contributed by atoms with van der Waals surface area (Å²) in [6, 6.07) is 14.1. The van der Waals surface area contributed by atoms with Crippen molar-refractivity contribution in [3.05, 3.63) is 53.7 Å². The van der Waals surface area contributed by atoms with Crippen LogP contribution in [0.3, 0.4) is 0 Å². The number of anilines is 2. The number of nitrogens with one attached hydrogen (secondary N) is 4. The zero-order chi connectivity index (χ0) is 23.5. The van der Waals surface area contributed by atoms with Crippen LogP contribution in [0.2, 0.25) is 0 Å². The lowest BCUT2D eigenvalue weighted by atomic mass is 10.0. The smallest absolute Gasteiger partial charge is 0.272 e. The van der Waals surface area contributed by atoms with Gasteiger partial charge in [-0.25, -0.2) is 0 Å². The Balaban J connectivity index is 1.38. The zero-order valence-electron chi connectivity index (χ0n) is 18.3. The second-order valence-corrected chi connectivity index (χ2v) is 8.42. The quantitative estimate of drug-likeness (QED) is 0.346. The number of nitrogens with zero attached hydrogens (tertiary/aromatic N) is 4. The van der Waals surface area contributed by atoms with Gasteiger partial charge in [0, 0.05) is 17.4 Å². The maximum atomic E-state index is 13.1. The van der Waals surface area contributed by atoms with Crippen LogP contribution in [0, 0.1) is 17.2 Å². The van der Waals surface area contributed by atoms with Gasteiger partial charge >= 0.3 is 0 Å². The maximum absolute atomic E-state index is 13.1. The van der Waals surface area contributed by atoms with Crippen molar-refractivity contribution in [3.8, 4) is 17.5 Å². The van der Waals surface area contributed by atoms with Gasteiger partial charge in [0.2, 0.25) is 11.7 Å². The van der Waals surface area contributed by atoms with E-state index in [2.05, 4.69) is 42.3 Å². The molecule has 2 amide bonds. The Morgan fingerprint density at radius 1 is 1.09 bits per heavy atom. The van der Waals surface area contributed by atoms with Gasteiger partial charge in [-0.15, -0.1) is 10.2 Å². The number of hydrogen-bond donors (Lipinski definition) is 4. The average molecular weight is 454 g/mol. The predicted octanol–water partition coefficient (Wildman–Crippen LogP) is 3.99. The minimum atomic E-state index is -0.381. The fourth-order valence-corrected chi connectivity index (χ4v) is 4.43. The molecule has 5 rings (SSSR count). The van der Waals surface area contributed by atoms with Gasteiger partial charge in [0.05, 0.1) is 28.5 Å². The second kappa shape index (κ2) is 9.15. The van der Waals surface area contributed by atoms with Crippen LogP contribution in [0.5, 0.6) is 0 Å². The molecule has 1 aliphatic rings. The lowest BCUT2D eigenvalue weighted by Gasteiger charge is -2.10. The number of rotatable bonds is 6. The van der Waals surface area contributed by atoms with Gasteiger partial charge in [-0.05, 0) is 54.3 Å². The molecule has 0 atom stereocenters. The van der Waals surface area contributed by atoms with E-state index < -0.39 is 0 Å². The third kappa shape index (κ3) is 4.36. The van der Waals surface area contributed by atoms with Gasteiger partial charge in [0.25, 0.3) is 5.91 Å². The van der Waals surface area contributed by atoms with Crippen molar-refractivity contribution in [2.24, 2.45) is 5.92 Å². The number of aromatic nitrogens is 5. The number of benzene rings is 2. The Morgan fingerprint density at radius 3 is 2.71 bits per heavy atom. The van der Waals surface area contributed by atoms with Crippen LogP contribution in [-0.2, 0) is 4.79 Å². The summed E-state index contributed by atoms with van der Waals surface area (Å²) >= 11 is 0. The minimum absolute atomic E-state index is 0.0117. The SMILES string of the molecule is N#Cc1ccc(NC(=O)c2cc3cccc(NC(=O)CC4CCCC4)c3[nH]2)c(-c2nn[nH]n2)c1. The van der Waals surface area contributed by atoms with Crippen LogP contribution in [0.25, 0.3) is 22.3 Å². The van der Waals surface area contributed by atoms with Crippen LogP contribution in [0.1, 0.15) is 48.2 Å². The predicted molar refractivity (Wildman–Crippen MR) is 126 cm³/mol. The van der Waals surface area contributed by atoms with E-state index >= 15 is 0 Å². The molecule has 1 saturated carbocycles. The number of aromatic amines is 2. The number of para-hydroxylation sites is 1. The van der Waals surface area contributed by atoms with Crippen molar-refractivity contribution in [2.75, 3.05) is 10.6 Å². The molecule has 4 aromatic rings. The standard InChI is InChI=1S/C24H22N8O2/c25-13-15-8-9-18(17(10-15)23-29-31-32-30-23)28-24(34)20-12-16-6-3-7-19(22(16)27-20)26-21(33)11-14-4-1-2-5-14/h3,6-10,12,14,27H,1-2,4-5,11H2,(H,26,33)(H,28,34)(H,29,30,31,32). The number of hydrogen-bond acceptors (Lipinski definition) is 6. The largest absolute Gasteiger partial charge is 0.349 e. The molecule has 10 nitrogen and oxygen atoms in total. The molecule has 1 aliphatic carbocycles. The van der Waals surface area contributed by atoms with Crippen LogP contribution in [0.15, 0.2) is 42.5 Å². The summed E-state index contributed by atoms with van der Waals surface area (Å²) in [6.07, 6.45) is 5.10. The van der Waals surface area contributed by atoms with E-state index in [9.17, 15) is 14.9 Å². The molecule has 2 aromatic carbocycles. The number of H-pyrrole nitrogens is 2. The summed E-state index contributed by atoms with van der Waals surface area (Å²) in [5, 5.41) is 29.7. The third-order valence-electron chi connectivity index (χ3n) is 6.11. The molecule has 0 aliphatic heterocycles. The number of fused-ring (bicyclic) bond motifs is 1. The topological polar surface area (TPSA) is 152 Å². The summed E-state index contributed by atoms with van der Waals surface area (Å²) < 4.78 is 0. The second-order valence-electron chi connectivity index (χ2n) is 8.42. The molecule has 170 valence electrons. The summed E-state index contributed by atoms with van der Waals surface area (Å²) in [4.78, 5) is 28.7. The molecule has 1 fully saturated rings. The highest BCUT2D eigenvalue weighted by molar-refractivity contribution is 6.09. The Morgan fingerprint density at radius 2 is 1.94 bits per heavy atom. The molecule has 0 saturated heterocycles. The summed E-state index contributed by atoms with van der Waals surface area (Å²) in [5.74, 6) is 0.317. The molecular formula is C24H22N8O2. The molecule has 34 heavy (non-hydrogen) atoms. The Kier molecular flexibility index (Phi) is 5.74. The van der Waals surface area contributed by atoms with E-state index in [-0.39, 0.29) is 17.6 Å². The molecule has 0 radical (unpaired) electrons. The summed E-state index contributed by atoms with van der Waals surface area (Å²) in [6.45, 7) is 0. The summed E-state index contributed by atoms with van der Waals surface area (Å²) in [5.41, 5.74) is 2.97. The van der Waals surface area contributed by atoms with E-state index in [4.69, 9.17) is 0 Å². The van der Waals surface area contributed by atoms with Gasteiger partial charge in [0.15, 0.2) is 0 Å². The molecular weight excluding hydrogens is 432 g/mol. The van der Waals surface area contributed by atoms with Gasteiger partial charge in [-0.1, -0.05) is 25.0 Å². The molecule has 2 aromatic heterocycles. The average Bonchev–Trinajstić information content (AvgIpc) is 3.61. The minimum Gasteiger partial charge on any atom is -0.349 e. The Hall–Kier alpha value is -4.52. The Labute approximate surface area is 194 Å². The zero-order valence-corrected chi connectivity index (χ0v) is 18.3. The van der Waals surface area contributed by atoms with Gasteiger partial charge < -0.3 is 15.6 Å². The monoisotopic (exact) mass is 454 g/mol. The number of nitriles is 1. The highest BCUT2D eigenvalue weighted by atomic mass is 16.2. The first-order valence-electron chi connectivity index (χ1n) is 11.1. The number of carbonyl (C=O) groups excluding carboxylic acids is 2. The first kappa shape index (κ1) is 21.3. The third-order valence-corrected chi connectivity index (χ3v) is 6.11. The Bertz CT molecular complexity index is 1390. The van der Waals surface area contributed by atoms with Crippen molar-refractivity contribution in [3.63, 3.8) is 0 Å². The molecule has 10 heteroatoms. The van der Waals surface area contributed by atoms with E-state index in [0.29, 0.717) is 46.1 Å². The van der Waals surface area contributed by atoms with Crippen LogP contribution in [-0.4, -0.2) is 37.4 Å². The molecule has 2 heterocycles. The fourth-order valence-electron chi connectivity index (χ4n) is 4.43. The number of carbonyl (C=O) groups is 2. The van der Waals surface area contributed by atoms with Crippen LogP contribution in [0.4, 0.5) is 11.4 Å². The van der Waals surface area contributed by atoms with Gasteiger partial charge in [0.1, 0.15) is 5.69 Å². The lowest BCUT2D eigenvalue weighted by molar-refractivity contribution is -0.117. The first-order chi connectivity index (χ1) is 16.6. The lowest BCUT2D eigenvalue weighted by Crippen LogP contribution is -2.15. The highest BCUT2D eigenvalue weighted by Crippen LogP contribution is 2.30. The normalized spacial score (nSPS) is 13.6. The van der Waals surface area contributed by atoms with Crippen molar-refractivity contribution in [2.45, 2.75) is 32.1 Å². The molecule has 4 N–H and O–H groups in total. The van der Waals surface area contributed by atoms with E-state index in [1.54, 1.807) is 24.3 Å². The highest BCUT2D eigenvalue weighted by Gasteiger charge is 2.20. The van der Waals surface area contributed by atoms with Crippen molar-refractivity contribution < 1.29 is 9.59 Å². The molecule has 0 bridgehead atoms.